The van der Waals surface area contributed by atoms with Gasteiger partial charge in [-0.1, -0.05) is 25.4 Å². The second kappa shape index (κ2) is 9.99. The number of carboxylic acids is 1. The summed E-state index contributed by atoms with van der Waals surface area (Å²) in [5, 5.41) is 9.84. The molecule has 0 bridgehead atoms. The molecule has 0 saturated carbocycles. The molecule has 9 nitrogen and oxygen atoms in total. The molecule has 2 aromatic heterocycles. The lowest BCUT2D eigenvalue weighted by molar-refractivity contribution is -0.137. The van der Waals surface area contributed by atoms with E-state index in [-0.39, 0.29) is 24.5 Å². The number of rotatable bonds is 7. The molecule has 2 saturated heterocycles. The minimum atomic E-state index is -0.793. The first-order chi connectivity index (χ1) is 15.9. The van der Waals surface area contributed by atoms with Gasteiger partial charge in [0, 0.05) is 44.1 Å². The van der Waals surface area contributed by atoms with Crippen molar-refractivity contribution in [1.29, 1.82) is 0 Å². The molecule has 2 aliphatic rings. The monoisotopic (exact) mass is 475 g/mol. The quantitative estimate of drug-likeness (QED) is 0.644. The van der Waals surface area contributed by atoms with Crippen molar-refractivity contribution in [3.63, 3.8) is 0 Å². The molecule has 0 aromatic carbocycles. The van der Waals surface area contributed by atoms with Gasteiger partial charge in [-0.25, -0.2) is 15.0 Å². The van der Waals surface area contributed by atoms with E-state index in [0.717, 1.165) is 38.2 Å². The third-order valence-electron chi connectivity index (χ3n) is 6.63. The average Bonchev–Trinajstić information content (AvgIpc) is 3.15. The number of anilines is 2. The normalized spacial score (nSPS) is 25.2. The van der Waals surface area contributed by atoms with Crippen LogP contribution in [0.2, 0.25) is 5.02 Å². The van der Waals surface area contributed by atoms with E-state index in [1.807, 2.05) is 11.0 Å². The number of hydrogen-bond donors (Lipinski definition) is 1. The van der Waals surface area contributed by atoms with E-state index in [0.29, 0.717) is 28.5 Å². The summed E-state index contributed by atoms with van der Waals surface area (Å²) in [5.41, 5.74) is 0.911. The number of carboxylic acid groups (broad SMARTS) is 1. The third kappa shape index (κ3) is 5.24. The van der Waals surface area contributed by atoms with Crippen LogP contribution < -0.4 is 19.3 Å². The lowest BCUT2D eigenvalue weighted by atomic mass is 9.96. The van der Waals surface area contributed by atoms with Crippen molar-refractivity contribution in [3.8, 4) is 11.8 Å². The molecule has 1 N–H and O–H groups in total. The van der Waals surface area contributed by atoms with E-state index < -0.39 is 5.97 Å². The van der Waals surface area contributed by atoms with Crippen LogP contribution in [0.5, 0.6) is 11.8 Å². The van der Waals surface area contributed by atoms with Gasteiger partial charge in [0.1, 0.15) is 11.9 Å². The van der Waals surface area contributed by atoms with Crippen LogP contribution in [0.3, 0.4) is 0 Å². The first-order valence-corrected chi connectivity index (χ1v) is 11.6. The van der Waals surface area contributed by atoms with Crippen LogP contribution in [0.25, 0.3) is 0 Å². The molecule has 2 fully saturated rings. The zero-order valence-electron chi connectivity index (χ0n) is 19.1. The Hall–Kier alpha value is -2.81. The number of pyridine rings is 1. The molecule has 2 aromatic rings. The molecule has 0 spiro atoms. The molecule has 4 atom stereocenters. The fourth-order valence-corrected chi connectivity index (χ4v) is 4.96. The van der Waals surface area contributed by atoms with Gasteiger partial charge >= 0.3 is 5.97 Å². The standard InChI is InChI=1S/C23H30ClN5O4/c1-14-4-7-29(17(14)9-23(30)31)20-11-27-22(12-25-20)33-19-5-6-28(13-15(19)2)18-8-21(32-3)26-10-16(18)24/h8,10-12,14-15,17,19H,4-7,9,13H2,1-3H3,(H,30,31). The second-order valence-electron chi connectivity index (χ2n) is 8.88. The Morgan fingerprint density at radius 2 is 1.91 bits per heavy atom. The summed E-state index contributed by atoms with van der Waals surface area (Å²) in [6.45, 7) is 6.59. The number of nitrogens with zero attached hydrogens (tertiary/aromatic N) is 5. The minimum absolute atomic E-state index is 0.00970. The van der Waals surface area contributed by atoms with Crippen LogP contribution in [0.15, 0.2) is 24.7 Å². The predicted molar refractivity (Wildman–Crippen MR) is 125 cm³/mol. The second-order valence-corrected chi connectivity index (χ2v) is 9.29. The predicted octanol–water partition coefficient (Wildman–Crippen LogP) is 3.52. The molecular formula is C23H30ClN5O4. The van der Waals surface area contributed by atoms with Crippen LogP contribution >= 0.6 is 11.6 Å². The van der Waals surface area contributed by atoms with Gasteiger partial charge in [-0.3, -0.25) is 4.79 Å². The molecule has 178 valence electrons. The van der Waals surface area contributed by atoms with Gasteiger partial charge in [-0.15, -0.1) is 0 Å². The Labute approximate surface area is 198 Å². The Kier molecular flexibility index (Phi) is 7.07. The highest BCUT2D eigenvalue weighted by atomic mass is 35.5. The van der Waals surface area contributed by atoms with E-state index >= 15 is 0 Å². The van der Waals surface area contributed by atoms with Gasteiger partial charge in [0.2, 0.25) is 11.8 Å². The summed E-state index contributed by atoms with van der Waals surface area (Å²) < 4.78 is 11.4. The number of piperidine rings is 1. The van der Waals surface area contributed by atoms with Gasteiger partial charge in [0.05, 0.1) is 42.8 Å². The molecule has 0 amide bonds. The maximum Gasteiger partial charge on any atom is 0.305 e. The number of carbonyl (C=O) groups is 1. The molecule has 0 aliphatic carbocycles. The lowest BCUT2D eigenvalue weighted by Gasteiger charge is -2.38. The van der Waals surface area contributed by atoms with Gasteiger partial charge in [0.15, 0.2) is 0 Å². The zero-order chi connectivity index (χ0) is 23.5. The van der Waals surface area contributed by atoms with Gasteiger partial charge < -0.3 is 24.4 Å². The lowest BCUT2D eigenvalue weighted by Crippen LogP contribution is -2.44. The fraction of sp³-hybridized carbons (Fsp3) is 0.565. The van der Waals surface area contributed by atoms with Crippen molar-refractivity contribution in [2.24, 2.45) is 11.8 Å². The number of aromatic nitrogens is 3. The van der Waals surface area contributed by atoms with Crippen LogP contribution in [-0.2, 0) is 4.79 Å². The van der Waals surface area contributed by atoms with Crippen molar-refractivity contribution in [1.82, 2.24) is 15.0 Å². The fourth-order valence-electron chi connectivity index (χ4n) is 4.74. The summed E-state index contributed by atoms with van der Waals surface area (Å²) in [6, 6.07) is 1.80. The van der Waals surface area contributed by atoms with E-state index in [4.69, 9.17) is 21.1 Å². The van der Waals surface area contributed by atoms with Gasteiger partial charge in [0.25, 0.3) is 0 Å². The van der Waals surface area contributed by atoms with Crippen molar-refractivity contribution < 1.29 is 19.4 Å². The largest absolute Gasteiger partial charge is 0.481 e. The molecular weight excluding hydrogens is 446 g/mol. The number of halogens is 1. The number of methoxy groups -OCH3 is 1. The van der Waals surface area contributed by atoms with Crippen LogP contribution in [0, 0.1) is 11.8 Å². The number of hydrogen-bond acceptors (Lipinski definition) is 8. The topological polar surface area (TPSA) is 101 Å². The first kappa shape index (κ1) is 23.4. The van der Waals surface area contributed by atoms with E-state index in [1.165, 1.54) is 0 Å². The minimum Gasteiger partial charge on any atom is -0.481 e. The summed E-state index contributed by atoms with van der Waals surface area (Å²) >= 11 is 6.37. The molecule has 4 rings (SSSR count). The molecule has 10 heteroatoms. The van der Waals surface area contributed by atoms with Gasteiger partial charge in [-0.05, 0) is 12.3 Å². The van der Waals surface area contributed by atoms with Gasteiger partial charge in [-0.2, -0.15) is 0 Å². The maximum atomic E-state index is 11.2. The SMILES string of the molecule is COc1cc(N2CCC(Oc3cnc(N4CCC(C)C4CC(=O)O)cn3)C(C)C2)c(Cl)cn1. The highest BCUT2D eigenvalue weighted by molar-refractivity contribution is 6.33. The van der Waals surface area contributed by atoms with Crippen molar-refractivity contribution in [2.75, 3.05) is 36.5 Å². The van der Waals surface area contributed by atoms with Crippen LogP contribution in [0.1, 0.15) is 33.1 Å². The van der Waals surface area contributed by atoms with E-state index in [2.05, 4.69) is 33.7 Å². The molecule has 33 heavy (non-hydrogen) atoms. The summed E-state index contributed by atoms with van der Waals surface area (Å²) in [7, 11) is 1.59. The smallest absolute Gasteiger partial charge is 0.305 e. The Morgan fingerprint density at radius 1 is 1.12 bits per heavy atom. The first-order valence-electron chi connectivity index (χ1n) is 11.3. The average molecular weight is 476 g/mol. The van der Waals surface area contributed by atoms with Crippen LogP contribution in [0.4, 0.5) is 11.5 Å². The van der Waals surface area contributed by atoms with Crippen molar-refractivity contribution in [3.05, 3.63) is 29.7 Å². The van der Waals surface area contributed by atoms with E-state index in [1.54, 1.807) is 25.7 Å². The van der Waals surface area contributed by atoms with Crippen molar-refractivity contribution >= 4 is 29.1 Å². The van der Waals surface area contributed by atoms with E-state index in [9.17, 15) is 9.90 Å². The highest BCUT2D eigenvalue weighted by Crippen LogP contribution is 2.33. The summed E-state index contributed by atoms with van der Waals surface area (Å²) in [4.78, 5) is 28.7. The summed E-state index contributed by atoms with van der Waals surface area (Å²) in [6.07, 6.45) is 6.81. The number of ether oxygens (including phenoxy) is 2. The highest BCUT2D eigenvalue weighted by Gasteiger charge is 2.34. The Bertz CT molecular complexity index is 976. The maximum absolute atomic E-state index is 11.2. The van der Waals surface area contributed by atoms with Crippen LogP contribution in [-0.4, -0.2) is 64.9 Å². The zero-order valence-corrected chi connectivity index (χ0v) is 19.9. The molecule has 2 aliphatic heterocycles. The third-order valence-corrected chi connectivity index (χ3v) is 6.92. The molecule has 0 radical (unpaired) electrons. The Morgan fingerprint density at radius 3 is 2.58 bits per heavy atom. The Balaban J connectivity index is 1.38. The summed E-state index contributed by atoms with van der Waals surface area (Å²) in [5.74, 6) is 1.47. The van der Waals surface area contributed by atoms with Crippen molar-refractivity contribution in [2.45, 2.75) is 45.3 Å². The molecule has 4 unspecified atom stereocenters. The number of aliphatic carboxylic acids is 1. The molecule has 4 heterocycles.